The molecule has 1 saturated heterocycles. The quantitative estimate of drug-likeness (QED) is 0.807. The number of hydrogen-bond acceptors (Lipinski definition) is 3. The number of nitrogens with one attached hydrogen (secondary N) is 2. The van der Waals surface area contributed by atoms with Gasteiger partial charge in [0.1, 0.15) is 5.75 Å². The van der Waals surface area contributed by atoms with E-state index in [-0.39, 0.29) is 29.8 Å². The highest BCUT2D eigenvalue weighted by Crippen LogP contribution is 2.28. The number of ether oxygens (including phenoxy) is 1. The van der Waals surface area contributed by atoms with Crippen molar-refractivity contribution in [1.82, 2.24) is 5.32 Å². The Hall–Kier alpha value is -1.47. The van der Waals surface area contributed by atoms with Gasteiger partial charge < -0.3 is 15.4 Å². The van der Waals surface area contributed by atoms with Gasteiger partial charge in [0, 0.05) is 6.42 Å². The van der Waals surface area contributed by atoms with Crippen molar-refractivity contribution in [2.45, 2.75) is 32.4 Å². The largest absolute Gasteiger partial charge is 0.482 e. The first kappa shape index (κ1) is 20.6. The van der Waals surface area contributed by atoms with Crippen LogP contribution < -0.4 is 15.4 Å². The van der Waals surface area contributed by atoms with Crippen molar-refractivity contribution < 1.29 is 22.7 Å². The van der Waals surface area contributed by atoms with E-state index in [1.165, 1.54) is 6.07 Å². The average molecular weight is 367 g/mol. The first-order chi connectivity index (χ1) is 10.8. The Labute approximate surface area is 145 Å². The number of hydrogen-bond donors (Lipinski definition) is 2. The van der Waals surface area contributed by atoms with Crippen LogP contribution >= 0.6 is 12.4 Å². The number of carbonyl (C=O) groups is 1. The Kier molecular flexibility index (Phi) is 7.83. The van der Waals surface area contributed by atoms with Gasteiger partial charge in [0.05, 0.1) is 5.69 Å². The summed E-state index contributed by atoms with van der Waals surface area (Å²) in [5.74, 6) is 0.315. The first-order valence-corrected chi connectivity index (χ1v) is 7.64. The minimum absolute atomic E-state index is 0. The van der Waals surface area contributed by atoms with Crippen molar-refractivity contribution in [3.63, 3.8) is 0 Å². The van der Waals surface area contributed by atoms with E-state index in [0.29, 0.717) is 12.3 Å². The predicted molar refractivity (Wildman–Crippen MR) is 88.8 cm³/mol. The second-order valence-electron chi connectivity index (χ2n) is 5.85. The van der Waals surface area contributed by atoms with E-state index in [1.807, 2.05) is 0 Å². The third kappa shape index (κ3) is 6.97. The zero-order valence-corrected chi connectivity index (χ0v) is 14.2. The van der Waals surface area contributed by atoms with Gasteiger partial charge in [-0.05, 0) is 56.5 Å². The molecule has 1 amide bonds. The Morgan fingerprint density at radius 3 is 2.79 bits per heavy atom. The molecule has 4 nitrogen and oxygen atoms in total. The number of anilines is 1. The molecule has 136 valence electrons. The zero-order chi connectivity index (χ0) is 16.9. The van der Waals surface area contributed by atoms with E-state index >= 15 is 0 Å². The maximum absolute atomic E-state index is 12.3. The molecule has 8 heteroatoms. The van der Waals surface area contributed by atoms with Crippen LogP contribution in [-0.4, -0.2) is 31.8 Å². The van der Waals surface area contributed by atoms with Gasteiger partial charge >= 0.3 is 6.18 Å². The molecule has 1 aliphatic heterocycles. The highest BCUT2D eigenvalue weighted by Gasteiger charge is 2.29. The molecule has 24 heavy (non-hydrogen) atoms. The fraction of sp³-hybridized carbons (Fsp3) is 0.562. The van der Waals surface area contributed by atoms with Crippen LogP contribution in [0.4, 0.5) is 18.9 Å². The lowest BCUT2D eigenvalue weighted by atomic mass is 10.0. The third-order valence-electron chi connectivity index (χ3n) is 3.74. The summed E-state index contributed by atoms with van der Waals surface area (Å²) in [5, 5.41) is 5.88. The Bertz CT molecular complexity index is 547. The molecule has 0 aliphatic carbocycles. The number of benzene rings is 1. The summed E-state index contributed by atoms with van der Waals surface area (Å²) in [6.07, 6.45) is -2.25. The molecule has 0 radical (unpaired) electrons. The fourth-order valence-electron chi connectivity index (χ4n) is 2.52. The van der Waals surface area contributed by atoms with Gasteiger partial charge in [0.15, 0.2) is 6.61 Å². The number of aryl methyl sites for hydroxylation is 1. The van der Waals surface area contributed by atoms with Gasteiger partial charge in [-0.3, -0.25) is 4.79 Å². The van der Waals surface area contributed by atoms with Crippen molar-refractivity contribution >= 4 is 24.0 Å². The second-order valence-corrected chi connectivity index (χ2v) is 5.85. The van der Waals surface area contributed by atoms with Crippen LogP contribution in [0, 0.1) is 12.8 Å². The van der Waals surface area contributed by atoms with Gasteiger partial charge in [-0.25, -0.2) is 0 Å². The van der Waals surface area contributed by atoms with E-state index in [0.717, 1.165) is 31.5 Å². The predicted octanol–water partition coefficient (Wildman–Crippen LogP) is 3.69. The normalized spacial score (nSPS) is 17.2. The summed E-state index contributed by atoms with van der Waals surface area (Å²) < 4.78 is 41.7. The smallest absolute Gasteiger partial charge is 0.422 e. The van der Waals surface area contributed by atoms with Gasteiger partial charge in [0.2, 0.25) is 5.91 Å². The molecule has 1 atom stereocenters. The summed E-state index contributed by atoms with van der Waals surface area (Å²) in [6.45, 7) is 2.25. The van der Waals surface area contributed by atoms with E-state index in [2.05, 4.69) is 10.6 Å². The number of rotatable bonds is 6. The molecule has 0 aromatic heterocycles. The minimum Gasteiger partial charge on any atom is -0.482 e. The van der Waals surface area contributed by atoms with Crippen molar-refractivity contribution in [1.29, 1.82) is 0 Å². The monoisotopic (exact) mass is 366 g/mol. The Morgan fingerprint density at radius 1 is 1.42 bits per heavy atom. The van der Waals surface area contributed by atoms with Crippen LogP contribution in [0.3, 0.4) is 0 Å². The van der Waals surface area contributed by atoms with Crippen molar-refractivity contribution in [2.75, 3.05) is 25.0 Å². The van der Waals surface area contributed by atoms with Gasteiger partial charge in [-0.1, -0.05) is 6.07 Å². The van der Waals surface area contributed by atoms with Crippen LogP contribution in [-0.2, 0) is 4.79 Å². The highest BCUT2D eigenvalue weighted by molar-refractivity contribution is 5.92. The van der Waals surface area contributed by atoms with Gasteiger partial charge in [0.25, 0.3) is 0 Å². The highest BCUT2D eigenvalue weighted by atomic mass is 35.5. The van der Waals surface area contributed by atoms with Crippen LogP contribution in [0.1, 0.15) is 24.8 Å². The maximum atomic E-state index is 12.3. The number of halogens is 4. The minimum atomic E-state index is -4.42. The Morgan fingerprint density at radius 2 is 2.17 bits per heavy atom. The summed E-state index contributed by atoms with van der Waals surface area (Å²) in [5.41, 5.74) is 1.03. The third-order valence-corrected chi connectivity index (χ3v) is 3.74. The van der Waals surface area contributed by atoms with E-state index in [9.17, 15) is 18.0 Å². The molecule has 1 aromatic rings. The van der Waals surface area contributed by atoms with Crippen LogP contribution in [0.5, 0.6) is 5.75 Å². The van der Waals surface area contributed by atoms with Crippen LogP contribution in [0.15, 0.2) is 18.2 Å². The summed E-state index contributed by atoms with van der Waals surface area (Å²) in [4.78, 5) is 12.0. The summed E-state index contributed by atoms with van der Waals surface area (Å²) in [7, 11) is 0. The van der Waals surface area contributed by atoms with Crippen molar-refractivity contribution in [3.8, 4) is 5.75 Å². The van der Waals surface area contributed by atoms with Gasteiger partial charge in [-0.2, -0.15) is 13.2 Å². The SMILES string of the molecule is Cc1ccc(NC(=O)CCC2CCNC2)c(OCC(F)(F)F)c1.Cl. The van der Waals surface area contributed by atoms with Crippen LogP contribution in [0.2, 0.25) is 0 Å². The van der Waals surface area contributed by atoms with E-state index < -0.39 is 12.8 Å². The molecule has 0 saturated carbocycles. The standard InChI is InChI=1S/C16H21F3N2O2.ClH/c1-11-2-4-13(14(8-11)23-10-16(17,18)19)21-15(22)5-3-12-6-7-20-9-12;/h2,4,8,12,20H,3,5-7,9-10H2,1H3,(H,21,22);1H. The number of amides is 1. The molecule has 0 bridgehead atoms. The molecule has 1 fully saturated rings. The van der Waals surface area contributed by atoms with Gasteiger partial charge in [-0.15, -0.1) is 12.4 Å². The molecular formula is C16H22ClF3N2O2. The zero-order valence-electron chi connectivity index (χ0n) is 13.4. The lowest BCUT2D eigenvalue weighted by molar-refractivity contribution is -0.153. The lowest BCUT2D eigenvalue weighted by Gasteiger charge is -2.15. The fourth-order valence-corrected chi connectivity index (χ4v) is 2.52. The lowest BCUT2D eigenvalue weighted by Crippen LogP contribution is -2.20. The van der Waals surface area contributed by atoms with Crippen molar-refractivity contribution in [2.24, 2.45) is 5.92 Å². The molecule has 1 aromatic carbocycles. The van der Waals surface area contributed by atoms with Crippen molar-refractivity contribution in [3.05, 3.63) is 23.8 Å². The molecule has 2 rings (SSSR count). The molecule has 1 heterocycles. The molecular weight excluding hydrogens is 345 g/mol. The maximum Gasteiger partial charge on any atom is 0.422 e. The topological polar surface area (TPSA) is 50.4 Å². The molecule has 1 aliphatic rings. The Balaban J connectivity index is 0.00000288. The molecule has 2 N–H and O–H groups in total. The summed E-state index contributed by atoms with van der Waals surface area (Å²) >= 11 is 0. The summed E-state index contributed by atoms with van der Waals surface area (Å²) in [6, 6.07) is 4.77. The average Bonchev–Trinajstić information content (AvgIpc) is 2.98. The van der Waals surface area contributed by atoms with E-state index in [4.69, 9.17) is 4.74 Å². The molecule has 1 unspecified atom stereocenters. The van der Waals surface area contributed by atoms with Crippen LogP contribution in [0.25, 0.3) is 0 Å². The number of carbonyl (C=O) groups excluding carboxylic acids is 1. The first-order valence-electron chi connectivity index (χ1n) is 7.64. The molecule has 0 spiro atoms. The number of alkyl halides is 3. The van der Waals surface area contributed by atoms with E-state index in [1.54, 1.807) is 19.1 Å². The second kappa shape index (κ2) is 9.13.